The molecule has 0 spiro atoms. The largest absolute Gasteiger partial charge is 0.507 e. The van der Waals surface area contributed by atoms with Gasteiger partial charge in [0.15, 0.2) is 34.7 Å². The second-order valence-electron chi connectivity index (χ2n) is 19.5. The summed E-state index contributed by atoms with van der Waals surface area (Å²) in [5.74, 6) is -3.08. The third-order valence-corrected chi connectivity index (χ3v) is 10.0. The second kappa shape index (κ2) is 28.1. The Morgan fingerprint density at radius 2 is 0.690 bits per heavy atom. The lowest BCUT2D eigenvalue weighted by Gasteiger charge is -2.26. The van der Waals surface area contributed by atoms with E-state index in [0.29, 0.717) is 17.5 Å². The van der Waals surface area contributed by atoms with Crippen molar-refractivity contribution in [3.63, 3.8) is 0 Å². The standard InChI is InChI=1S/C18H36O2.2C15H22O3.2Al.6H/c1-2-3-4-5-6-7-8-9-10-11-12-13-14-15-16-17-18(19)20;2*1-14(2,3)9-7-10(13(17)18)12(16)11(8-9)15(4,5)6;;;;;;;;/h2-17H2,1H3,(H,19,20);2*7-8,16H,1-6H3,(H,17,18);;;;;;;;. The molecule has 0 atom stereocenters. The van der Waals surface area contributed by atoms with E-state index in [4.69, 9.17) is 5.11 Å². The van der Waals surface area contributed by atoms with Crippen LogP contribution in [0.5, 0.6) is 11.5 Å². The lowest BCUT2D eigenvalue weighted by atomic mass is 9.79. The van der Waals surface area contributed by atoms with Gasteiger partial charge in [0, 0.05) is 17.5 Å². The average molecular weight is 845 g/mol. The molecule has 10 heteroatoms. The van der Waals surface area contributed by atoms with Gasteiger partial charge in [-0.25, -0.2) is 9.59 Å². The fourth-order valence-electron chi connectivity index (χ4n) is 6.25. The minimum absolute atomic E-state index is 0. The van der Waals surface area contributed by atoms with Crippen molar-refractivity contribution in [2.45, 2.75) is 214 Å². The first kappa shape index (κ1) is 59.8. The number of rotatable bonds is 18. The van der Waals surface area contributed by atoms with Gasteiger partial charge in [0.1, 0.15) is 22.6 Å². The fourth-order valence-corrected chi connectivity index (χ4v) is 6.25. The maximum absolute atomic E-state index is 11.2. The zero-order valence-corrected chi connectivity index (χ0v) is 37.6. The van der Waals surface area contributed by atoms with Crippen LogP contribution in [0.4, 0.5) is 0 Å². The highest BCUT2D eigenvalue weighted by Crippen LogP contribution is 2.39. The SMILES string of the molecule is CC(C)(C)c1cc(C(=O)O)c(O)c(C(C)(C)C)c1.CC(C)(C)c1cc(C(=O)O)c(O)c(C(C)(C)C)c1.CCCCCCCCCCCCCCCCCC(=O)O.[AlH3].[AlH3]. The summed E-state index contributed by atoms with van der Waals surface area (Å²) < 4.78 is 0. The van der Waals surface area contributed by atoms with Gasteiger partial charge >= 0.3 is 17.9 Å². The predicted octanol–water partition coefficient (Wildman–Crippen LogP) is 11.3. The van der Waals surface area contributed by atoms with Crippen LogP contribution in [0.25, 0.3) is 0 Å². The molecular formula is C48H86Al2O8. The molecule has 0 aromatic heterocycles. The van der Waals surface area contributed by atoms with Crippen molar-refractivity contribution in [1.82, 2.24) is 0 Å². The van der Waals surface area contributed by atoms with E-state index in [9.17, 15) is 34.8 Å². The van der Waals surface area contributed by atoms with Gasteiger partial charge in [-0.1, -0.05) is 192 Å². The minimum atomic E-state index is -1.09. The third-order valence-electron chi connectivity index (χ3n) is 10.0. The predicted molar refractivity (Wildman–Crippen MR) is 252 cm³/mol. The number of unbranched alkanes of at least 4 members (excludes halogenated alkanes) is 14. The quantitative estimate of drug-likeness (QED) is 0.0734. The summed E-state index contributed by atoms with van der Waals surface area (Å²) in [7, 11) is 0. The smallest absolute Gasteiger partial charge is 0.339 e. The van der Waals surface area contributed by atoms with Gasteiger partial charge in [0.2, 0.25) is 0 Å². The Hall–Kier alpha value is -2.49. The van der Waals surface area contributed by atoms with Gasteiger partial charge < -0.3 is 25.5 Å². The molecule has 0 unspecified atom stereocenters. The summed E-state index contributed by atoms with van der Waals surface area (Å²) in [6, 6.07) is 6.93. The van der Waals surface area contributed by atoms with E-state index in [1.807, 2.05) is 95.2 Å². The van der Waals surface area contributed by atoms with Crippen molar-refractivity contribution in [2.24, 2.45) is 0 Å². The van der Waals surface area contributed by atoms with Crippen molar-refractivity contribution in [2.75, 3.05) is 0 Å². The first-order chi connectivity index (χ1) is 25.7. The number of carboxylic acid groups (broad SMARTS) is 3. The van der Waals surface area contributed by atoms with Crippen LogP contribution in [-0.4, -0.2) is 78.2 Å². The van der Waals surface area contributed by atoms with Crippen LogP contribution in [0.15, 0.2) is 24.3 Å². The summed E-state index contributed by atoms with van der Waals surface area (Å²) in [5.41, 5.74) is 2.24. The molecule has 8 nitrogen and oxygen atoms in total. The molecule has 0 heterocycles. The van der Waals surface area contributed by atoms with Gasteiger partial charge in [-0.2, -0.15) is 0 Å². The van der Waals surface area contributed by atoms with E-state index in [0.717, 1.165) is 24.0 Å². The van der Waals surface area contributed by atoms with E-state index in [1.54, 1.807) is 12.1 Å². The molecule has 0 saturated heterocycles. The Bertz CT molecular complexity index is 1410. The highest BCUT2D eigenvalue weighted by atomic mass is 27.0. The number of carboxylic acids is 3. The molecule has 332 valence electrons. The first-order valence-electron chi connectivity index (χ1n) is 21.1. The number of hydrogen-bond donors (Lipinski definition) is 5. The Morgan fingerprint density at radius 1 is 0.431 bits per heavy atom. The number of aliphatic carboxylic acids is 1. The molecule has 0 aliphatic carbocycles. The van der Waals surface area contributed by atoms with Crippen LogP contribution in [0, 0.1) is 0 Å². The molecule has 5 N–H and O–H groups in total. The van der Waals surface area contributed by atoms with Crippen LogP contribution in [0.2, 0.25) is 0 Å². The monoisotopic (exact) mass is 845 g/mol. The van der Waals surface area contributed by atoms with Crippen LogP contribution >= 0.6 is 0 Å². The van der Waals surface area contributed by atoms with E-state index >= 15 is 0 Å². The summed E-state index contributed by atoms with van der Waals surface area (Å²) in [5, 5.41) is 47.1. The number of hydrogen-bond acceptors (Lipinski definition) is 5. The maximum atomic E-state index is 11.2. The zero-order valence-electron chi connectivity index (χ0n) is 37.6. The number of phenols is 2. The lowest BCUT2D eigenvalue weighted by Crippen LogP contribution is -2.18. The van der Waals surface area contributed by atoms with Gasteiger partial charge in [0.05, 0.1) is 0 Å². The van der Waals surface area contributed by atoms with E-state index in [-0.39, 0.29) is 79.0 Å². The summed E-state index contributed by atoms with van der Waals surface area (Å²) in [6.07, 6.45) is 20.2. The highest BCUT2D eigenvalue weighted by Gasteiger charge is 2.28. The number of carbonyl (C=O) groups is 3. The summed E-state index contributed by atoms with van der Waals surface area (Å²) in [4.78, 5) is 32.8. The minimum Gasteiger partial charge on any atom is -0.507 e. The summed E-state index contributed by atoms with van der Waals surface area (Å²) in [6.45, 7) is 26.2. The molecule has 0 bridgehead atoms. The molecule has 2 aromatic rings. The lowest BCUT2D eigenvalue weighted by molar-refractivity contribution is -0.137. The highest BCUT2D eigenvalue weighted by molar-refractivity contribution is 5.92. The Labute approximate surface area is 374 Å². The normalized spacial score (nSPS) is 11.5. The molecule has 58 heavy (non-hydrogen) atoms. The molecule has 0 fully saturated rings. The zero-order chi connectivity index (χ0) is 43.5. The van der Waals surface area contributed by atoms with Crippen molar-refractivity contribution < 1.29 is 39.9 Å². The Morgan fingerprint density at radius 3 is 0.897 bits per heavy atom. The van der Waals surface area contributed by atoms with Crippen LogP contribution in [0.1, 0.15) is 236 Å². The van der Waals surface area contributed by atoms with Crippen LogP contribution < -0.4 is 0 Å². The molecule has 0 saturated carbocycles. The Kier molecular flexibility index (Phi) is 29.0. The molecule has 2 aromatic carbocycles. The first-order valence-corrected chi connectivity index (χ1v) is 21.1. The Balaban J connectivity index is -0.000000770. The third kappa shape index (κ3) is 23.9. The van der Waals surface area contributed by atoms with E-state index in [2.05, 4.69) is 6.92 Å². The van der Waals surface area contributed by atoms with Crippen molar-refractivity contribution >= 4 is 52.6 Å². The maximum Gasteiger partial charge on any atom is 0.339 e. The summed E-state index contributed by atoms with van der Waals surface area (Å²) >= 11 is 0. The average Bonchev–Trinajstić information content (AvgIpc) is 3.04. The van der Waals surface area contributed by atoms with Crippen LogP contribution in [-0.2, 0) is 26.5 Å². The second-order valence-corrected chi connectivity index (χ2v) is 19.5. The number of benzene rings is 2. The van der Waals surface area contributed by atoms with Gasteiger partial charge in [0.25, 0.3) is 0 Å². The molecule has 0 aliphatic heterocycles. The molecule has 0 radical (unpaired) electrons. The molecule has 0 aliphatic rings. The van der Waals surface area contributed by atoms with Gasteiger partial charge in [-0.3, -0.25) is 4.79 Å². The number of aromatic hydroxyl groups is 2. The van der Waals surface area contributed by atoms with E-state index in [1.165, 1.54) is 83.5 Å². The number of aromatic carboxylic acids is 2. The van der Waals surface area contributed by atoms with Gasteiger partial charge in [-0.05, 0) is 51.3 Å². The molecule has 2 rings (SSSR count). The van der Waals surface area contributed by atoms with Crippen LogP contribution in [0.3, 0.4) is 0 Å². The fraction of sp³-hybridized carbons (Fsp3) is 0.688. The molecule has 0 amide bonds. The topological polar surface area (TPSA) is 152 Å². The molecular weight excluding hydrogens is 758 g/mol. The van der Waals surface area contributed by atoms with Crippen molar-refractivity contribution in [1.29, 1.82) is 0 Å². The van der Waals surface area contributed by atoms with Crippen molar-refractivity contribution in [3.05, 3.63) is 57.6 Å². The van der Waals surface area contributed by atoms with E-state index < -0.39 is 17.9 Å². The van der Waals surface area contributed by atoms with Gasteiger partial charge in [-0.15, -0.1) is 0 Å². The van der Waals surface area contributed by atoms with Crippen molar-refractivity contribution in [3.8, 4) is 11.5 Å².